The van der Waals surface area contributed by atoms with E-state index in [1.807, 2.05) is 30.3 Å². The molecule has 0 unspecified atom stereocenters. The second-order valence-electron chi connectivity index (χ2n) is 12.0. The Kier molecular flexibility index (Phi) is 9.19. The molecule has 0 radical (unpaired) electrons. The van der Waals surface area contributed by atoms with E-state index in [0.29, 0.717) is 54.9 Å². The van der Waals surface area contributed by atoms with Gasteiger partial charge in [0, 0.05) is 49.2 Å². The topological polar surface area (TPSA) is 102 Å². The molecule has 2 fully saturated rings. The molecular weight excluding hydrogens is 576 g/mol. The van der Waals surface area contributed by atoms with Crippen LogP contribution in [0.5, 0.6) is 0 Å². The van der Waals surface area contributed by atoms with Crippen LogP contribution in [0.2, 0.25) is 0 Å². The van der Waals surface area contributed by atoms with Gasteiger partial charge >= 0.3 is 0 Å². The Morgan fingerprint density at radius 2 is 1.49 bits per heavy atom. The zero-order valence-corrected chi connectivity index (χ0v) is 24.9. The summed E-state index contributed by atoms with van der Waals surface area (Å²) < 4.78 is 32.6. The maximum absolute atomic E-state index is 13.5. The lowest BCUT2D eigenvalue weighted by molar-refractivity contribution is -0.121. The Balaban J connectivity index is 0.967. The standard InChI is InChI=1S/C35H35F2N5O3/c36-30-7-5-25(17-31(30)37)22-41-13-9-26(10-14-41)34(43)40-29-6-8-32-27(18-29)19-33(45-32)35(44)39-28-11-15-42(16-12-28)21-24-3-1-23(20-38)2-4-24/h1-8,17-19,26,28H,9-16,21-22H2,(H,39,44)(H,40,43). The molecule has 0 aliphatic carbocycles. The van der Waals surface area contributed by atoms with Crippen LogP contribution in [0.25, 0.3) is 11.0 Å². The highest BCUT2D eigenvalue weighted by Gasteiger charge is 2.26. The Morgan fingerprint density at radius 1 is 0.822 bits per heavy atom. The molecule has 45 heavy (non-hydrogen) atoms. The average Bonchev–Trinajstić information content (AvgIpc) is 3.48. The minimum absolute atomic E-state index is 0.0565. The number of likely N-dealkylation sites (tertiary alicyclic amines) is 2. The number of carbonyl (C=O) groups is 2. The van der Waals surface area contributed by atoms with Crippen LogP contribution in [0.1, 0.15) is 52.9 Å². The van der Waals surface area contributed by atoms with Crippen molar-refractivity contribution >= 4 is 28.5 Å². The van der Waals surface area contributed by atoms with Crippen molar-refractivity contribution in [3.05, 3.63) is 101 Å². The summed E-state index contributed by atoms with van der Waals surface area (Å²) in [5.41, 5.74) is 3.73. The summed E-state index contributed by atoms with van der Waals surface area (Å²) in [5.74, 6) is -1.93. The molecule has 2 aliphatic heterocycles. The highest BCUT2D eigenvalue weighted by molar-refractivity contribution is 5.98. The Hall–Kier alpha value is -4.59. The predicted octanol–water partition coefficient (Wildman–Crippen LogP) is 5.83. The minimum Gasteiger partial charge on any atom is -0.451 e. The second kappa shape index (κ2) is 13.6. The summed E-state index contributed by atoms with van der Waals surface area (Å²) in [6, 6.07) is 20.8. The zero-order valence-electron chi connectivity index (χ0n) is 24.9. The van der Waals surface area contributed by atoms with Crippen LogP contribution in [-0.2, 0) is 17.9 Å². The monoisotopic (exact) mass is 611 g/mol. The third-order valence-electron chi connectivity index (χ3n) is 8.77. The first-order chi connectivity index (χ1) is 21.8. The molecule has 0 atom stereocenters. The van der Waals surface area contributed by atoms with Gasteiger partial charge in [0.05, 0.1) is 11.6 Å². The molecule has 2 saturated heterocycles. The number of amides is 2. The van der Waals surface area contributed by atoms with Gasteiger partial charge in [-0.05, 0) is 98.4 Å². The van der Waals surface area contributed by atoms with Crippen LogP contribution in [0.4, 0.5) is 14.5 Å². The predicted molar refractivity (Wildman–Crippen MR) is 166 cm³/mol. The average molecular weight is 612 g/mol. The normalized spacial score (nSPS) is 16.8. The molecule has 6 rings (SSSR count). The molecular formula is C35H35F2N5O3. The van der Waals surface area contributed by atoms with Gasteiger partial charge in [-0.3, -0.25) is 19.4 Å². The van der Waals surface area contributed by atoms with Crippen molar-refractivity contribution in [1.82, 2.24) is 15.1 Å². The molecule has 1 aromatic heterocycles. The van der Waals surface area contributed by atoms with E-state index < -0.39 is 11.6 Å². The van der Waals surface area contributed by atoms with E-state index in [4.69, 9.17) is 9.68 Å². The molecule has 2 aliphatic rings. The van der Waals surface area contributed by atoms with Crippen LogP contribution in [0, 0.1) is 28.9 Å². The van der Waals surface area contributed by atoms with Crippen LogP contribution < -0.4 is 10.6 Å². The molecule has 0 spiro atoms. The van der Waals surface area contributed by atoms with Gasteiger partial charge in [-0.15, -0.1) is 0 Å². The van der Waals surface area contributed by atoms with Gasteiger partial charge in [-0.25, -0.2) is 8.78 Å². The first-order valence-corrected chi connectivity index (χ1v) is 15.4. The van der Waals surface area contributed by atoms with Gasteiger partial charge in [-0.1, -0.05) is 18.2 Å². The van der Waals surface area contributed by atoms with Gasteiger partial charge in [0.2, 0.25) is 5.91 Å². The number of halogens is 2. The number of benzene rings is 3. The number of nitriles is 1. The maximum Gasteiger partial charge on any atom is 0.287 e. The number of nitrogens with zero attached hydrogens (tertiary/aromatic N) is 3. The SMILES string of the molecule is N#Cc1ccc(CN2CCC(NC(=O)c3cc4cc(NC(=O)C5CCN(Cc6ccc(F)c(F)c6)CC5)ccc4o3)CC2)cc1. The molecule has 232 valence electrons. The van der Waals surface area contributed by atoms with Crippen LogP contribution in [-0.4, -0.2) is 53.8 Å². The number of nitrogens with one attached hydrogen (secondary N) is 2. The first kappa shape index (κ1) is 30.4. The van der Waals surface area contributed by atoms with Crippen molar-refractivity contribution in [1.29, 1.82) is 5.26 Å². The van der Waals surface area contributed by atoms with Gasteiger partial charge in [0.15, 0.2) is 17.4 Å². The smallest absolute Gasteiger partial charge is 0.287 e. The summed E-state index contributed by atoms with van der Waals surface area (Å²) in [6.45, 7) is 4.42. The van der Waals surface area contributed by atoms with Gasteiger partial charge < -0.3 is 15.1 Å². The molecule has 4 aromatic rings. The van der Waals surface area contributed by atoms with Gasteiger partial charge in [0.25, 0.3) is 5.91 Å². The lowest BCUT2D eigenvalue weighted by atomic mass is 9.95. The van der Waals surface area contributed by atoms with Crippen LogP contribution in [0.15, 0.2) is 71.1 Å². The number of piperidine rings is 2. The van der Waals surface area contributed by atoms with E-state index in [2.05, 4.69) is 26.5 Å². The third-order valence-corrected chi connectivity index (χ3v) is 8.77. The lowest BCUT2D eigenvalue weighted by Crippen LogP contribution is -2.44. The van der Waals surface area contributed by atoms with E-state index in [1.54, 1.807) is 24.3 Å². The Morgan fingerprint density at radius 3 is 2.18 bits per heavy atom. The first-order valence-electron chi connectivity index (χ1n) is 15.4. The molecule has 0 saturated carbocycles. The molecule has 8 nitrogen and oxygen atoms in total. The Labute approximate surface area is 260 Å². The summed E-state index contributed by atoms with van der Waals surface area (Å²) in [6.07, 6.45) is 3.01. The lowest BCUT2D eigenvalue weighted by Gasteiger charge is -2.32. The van der Waals surface area contributed by atoms with Crippen molar-refractivity contribution in [3.63, 3.8) is 0 Å². The minimum atomic E-state index is -0.855. The fraction of sp³-hybridized carbons (Fsp3) is 0.343. The molecule has 0 bridgehead atoms. The summed E-state index contributed by atoms with van der Waals surface area (Å²) in [5, 5.41) is 15.8. The number of furan rings is 1. The number of hydrogen-bond acceptors (Lipinski definition) is 6. The largest absolute Gasteiger partial charge is 0.451 e. The highest BCUT2D eigenvalue weighted by atomic mass is 19.2. The van der Waals surface area contributed by atoms with Crippen LogP contribution in [0.3, 0.4) is 0 Å². The fourth-order valence-electron chi connectivity index (χ4n) is 6.16. The molecule has 2 N–H and O–H groups in total. The van der Waals surface area contributed by atoms with Crippen molar-refractivity contribution in [2.75, 3.05) is 31.5 Å². The number of hydrogen-bond donors (Lipinski definition) is 2. The number of fused-ring (bicyclic) bond motifs is 1. The molecule has 2 amide bonds. The number of anilines is 1. The van der Waals surface area contributed by atoms with Gasteiger partial charge in [-0.2, -0.15) is 5.26 Å². The van der Waals surface area contributed by atoms with Crippen molar-refractivity contribution in [2.24, 2.45) is 5.92 Å². The molecule has 10 heteroatoms. The summed E-state index contributed by atoms with van der Waals surface area (Å²) in [4.78, 5) is 30.5. The van der Waals surface area contributed by atoms with E-state index in [-0.39, 0.29) is 29.5 Å². The maximum atomic E-state index is 13.5. The van der Waals surface area contributed by atoms with Crippen molar-refractivity contribution in [2.45, 2.75) is 44.8 Å². The fourth-order valence-corrected chi connectivity index (χ4v) is 6.16. The summed E-state index contributed by atoms with van der Waals surface area (Å²) >= 11 is 0. The van der Waals surface area contributed by atoms with Crippen LogP contribution >= 0.6 is 0 Å². The third kappa shape index (κ3) is 7.56. The second-order valence-corrected chi connectivity index (χ2v) is 12.0. The number of carbonyl (C=O) groups excluding carboxylic acids is 2. The zero-order chi connectivity index (χ0) is 31.3. The summed E-state index contributed by atoms with van der Waals surface area (Å²) in [7, 11) is 0. The van der Waals surface area contributed by atoms with Crippen molar-refractivity contribution in [3.8, 4) is 6.07 Å². The Bertz CT molecular complexity index is 1720. The van der Waals surface area contributed by atoms with Crippen molar-refractivity contribution < 1.29 is 22.8 Å². The highest BCUT2D eigenvalue weighted by Crippen LogP contribution is 2.26. The number of rotatable bonds is 8. The van der Waals surface area contributed by atoms with E-state index in [9.17, 15) is 18.4 Å². The molecule has 3 heterocycles. The van der Waals surface area contributed by atoms with E-state index >= 15 is 0 Å². The van der Waals surface area contributed by atoms with Gasteiger partial charge in [0.1, 0.15) is 5.58 Å². The van der Waals surface area contributed by atoms with E-state index in [1.165, 1.54) is 6.07 Å². The molecule has 3 aromatic carbocycles. The quantitative estimate of drug-likeness (QED) is 0.260. The van der Waals surface area contributed by atoms with E-state index in [0.717, 1.165) is 49.5 Å².